The second-order valence-electron chi connectivity index (χ2n) is 7.88. The molecule has 0 radical (unpaired) electrons. The summed E-state index contributed by atoms with van der Waals surface area (Å²) >= 11 is 1.60. The van der Waals surface area contributed by atoms with Gasteiger partial charge < -0.3 is 15.1 Å². The number of hydrogen-bond donors (Lipinski definition) is 1. The van der Waals surface area contributed by atoms with Crippen molar-refractivity contribution in [3.05, 3.63) is 77.9 Å². The van der Waals surface area contributed by atoms with Crippen molar-refractivity contribution in [2.24, 2.45) is 0 Å². The normalized spacial score (nSPS) is 11.0. The molecule has 0 bridgehead atoms. The molecule has 6 nitrogen and oxygen atoms in total. The Hall–Kier alpha value is -3.29. The predicted octanol–water partition coefficient (Wildman–Crippen LogP) is 5.74. The SMILES string of the molecule is Cc1csc(Nc2ccc(-c3ccnc(N(CCCN(C)C)c4ccccc4)n3)cc2)n1. The third-order valence-electron chi connectivity index (χ3n) is 4.99. The molecular formula is C25H28N6S. The minimum Gasteiger partial charge on any atom is -0.332 e. The van der Waals surface area contributed by atoms with E-state index in [1.165, 1.54) is 0 Å². The Morgan fingerprint density at radius 2 is 1.69 bits per heavy atom. The molecule has 1 N–H and O–H groups in total. The van der Waals surface area contributed by atoms with E-state index in [2.05, 4.69) is 75.6 Å². The number of anilines is 4. The van der Waals surface area contributed by atoms with E-state index in [1.54, 1.807) is 11.3 Å². The van der Waals surface area contributed by atoms with Crippen LogP contribution < -0.4 is 10.2 Å². The maximum atomic E-state index is 4.90. The highest BCUT2D eigenvalue weighted by atomic mass is 32.1. The van der Waals surface area contributed by atoms with E-state index in [9.17, 15) is 0 Å². The van der Waals surface area contributed by atoms with Gasteiger partial charge in [0.1, 0.15) is 0 Å². The highest BCUT2D eigenvalue weighted by Crippen LogP contribution is 2.27. The van der Waals surface area contributed by atoms with Crippen molar-refractivity contribution in [1.29, 1.82) is 0 Å². The molecule has 2 aromatic heterocycles. The molecule has 2 aromatic carbocycles. The topological polar surface area (TPSA) is 57.2 Å². The van der Waals surface area contributed by atoms with Gasteiger partial charge >= 0.3 is 0 Å². The number of benzene rings is 2. The molecule has 0 fully saturated rings. The molecule has 0 amide bonds. The molecule has 0 unspecified atom stereocenters. The average Bonchev–Trinajstić information content (AvgIpc) is 3.22. The number of thiazole rings is 1. The third kappa shape index (κ3) is 5.69. The summed E-state index contributed by atoms with van der Waals surface area (Å²) in [6, 6.07) is 20.6. The zero-order chi connectivity index (χ0) is 22.3. The molecule has 0 atom stereocenters. The first-order valence-electron chi connectivity index (χ1n) is 10.7. The number of nitrogens with zero attached hydrogens (tertiary/aromatic N) is 5. The maximum absolute atomic E-state index is 4.90. The van der Waals surface area contributed by atoms with Crippen LogP contribution in [0.25, 0.3) is 11.3 Å². The molecule has 0 aliphatic carbocycles. The van der Waals surface area contributed by atoms with Gasteiger partial charge in [0.05, 0.1) is 11.4 Å². The van der Waals surface area contributed by atoms with Crippen molar-refractivity contribution >= 4 is 33.8 Å². The van der Waals surface area contributed by atoms with Gasteiger partial charge in [0.25, 0.3) is 0 Å². The number of nitrogens with one attached hydrogen (secondary N) is 1. The van der Waals surface area contributed by atoms with E-state index in [4.69, 9.17) is 4.98 Å². The van der Waals surface area contributed by atoms with E-state index in [1.807, 2.05) is 42.8 Å². The van der Waals surface area contributed by atoms with Crippen molar-refractivity contribution in [2.75, 3.05) is 37.4 Å². The summed E-state index contributed by atoms with van der Waals surface area (Å²) in [4.78, 5) is 18.3. The van der Waals surface area contributed by atoms with Crippen molar-refractivity contribution in [2.45, 2.75) is 13.3 Å². The van der Waals surface area contributed by atoms with Crippen LogP contribution in [0, 0.1) is 6.92 Å². The first-order valence-corrected chi connectivity index (χ1v) is 11.6. The Labute approximate surface area is 193 Å². The molecule has 32 heavy (non-hydrogen) atoms. The zero-order valence-corrected chi connectivity index (χ0v) is 19.5. The Morgan fingerprint density at radius 3 is 2.38 bits per heavy atom. The number of hydrogen-bond acceptors (Lipinski definition) is 7. The molecule has 0 saturated carbocycles. The van der Waals surface area contributed by atoms with E-state index in [-0.39, 0.29) is 0 Å². The van der Waals surface area contributed by atoms with Gasteiger partial charge in [-0.3, -0.25) is 0 Å². The smallest absolute Gasteiger partial charge is 0.230 e. The van der Waals surface area contributed by atoms with Crippen molar-refractivity contribution in [1.82, 2.24) is 19.9 Å². The van der Waals surface area contributed by atoms with Gasteiger partial charge in [-0.2, -0.15) is 0 Å². The summed E-state index contributed by atoms with van der Waals surface area (Å²) < 4.78 is 0. The Kier molecular flexibility index (Phi) is 7.09. The summed E-state index contributed by atoms with van der Waals surface area (Å²) in [7, 11) is 4.19. The summed E-state index contributed by atoms with van der Waals surface area (Å²) in [6.45, 7) is 3.86. The second kappa shape index (κ2) is 10.3. The van der Waals surface area contributed by atoms with Gasteiger partial charge in [0, 0.05) is 35.1 Å². The number of para-hydroxylation sites is 1. The highest BCUT2D eigenvalue weighted by Gasteiger charge is 2.13. The average molecular weight is 445 g/mol. The predicted molar refractivity (Wildman–Crippen MR) is 134 cm³/mol. The second-order valence-corrected chi connectivity index (χ2v) is 8.74. The van der Waals surface area contributed by atoms with Gasteiger partial charge in [-0.15, -0.1) is 11.3 Å². The molecule has 0 aliphatic rings. The van der Waals surface area contributed by atoms with Gasteiger partial charge in [-0.1, -0.05) is 30.3 Å². The monoisotopic (exact) mass is 444 g/mol. The van der Waals surface area contributed by atoms with Crippen LogP contribution in [0.5, 0.6) is 0 Å². The van der Waals surface area contributed by atoms with Gasteiger partial charge in [-0.25, -0.2) is 15.0 Å². The number of aromatic nitrogens is 3. The van der Waals surface area contributed by atoms with Crippen LogP contribution in [0.15, 0.2) is 72.2 Å². The lowest BCUT2D eigenvalue weighted by atomic mass is 10.1. The summed E-state index contributed by atoms with van der Waals surface area (Å²) in [5, 5.41) is 6.29. The first kappa shape index (κ1) is 21.9. The summed E-state index contributed by atoms with van der Waals surface area (Å²) in [5.41, 5.74) is 5.08. The molecule has 7 heteroatoms. The summed E-state index contributed by atoms with van der Waals surface area (Å²) in [6.07, 6.45) is 2.86. The molecule has 0 spiro atoms. The quantitative estimate of drug-likeness (QED) is 0.355. The first-order chi connectivity index (χ1) is 15.6. The third-order valence-corrected chi connectivity index (χ3v) is 5.87. The van der Waals surface area contributed by atoms with E-state index >= 15 is 0 Å². The standard InChI is InChI=1S/C25H28N6S/c1-19-18-32-25(27-19)28-21-12-10-20(11-13-21)23-14-15-26-24(29-23)31(17-7-16-30(2)3)22-8-5-4-6-9-22/h4-6,8-15,18H,7,16-17H2,1-3H3,(H,27,28). The van der Waals surface area contributed by atoms with E-state index in [0.29, 0.717) is 5.95 Å². The van der Waals surface area contributed by atoms with Crippen molar-refractivity contribution in [3.8, 4) is 11.3 Å². The van der Waals surface area contributed by atoms with Crippen molar-refractivity contribution in [3.63, 3.8) is 0 Å². The molecule has 2 heterocycles. The van der Waals surface area contributed by atoms with Gasteiger partial charge in [0.15, 0.2) is 5.13 Å². The number of aryl methyl sites for hydroxylation is 1. The fourth-order valence-electron chi connectivity index (χ4n) is 3.40. The lowest BCUT2D eigenvalue weighted by molar-refractivity contribution is 0.402. The van der Waals surface area contributed by atoms with Crippen LogP contribution >= 0.6 is 11.3 Å². The van der Waals surface area contributed by atoms with E-state index in [0.717, 1.165) is 53.0 Å². The Bertz CT molecular complexity index is 1120. The highest BCUT2D eigenvalue weighted by molar-refractivity contribution is 7.13. The van der Waals surface area contributed by atoms with Crippen LogP contribution in [0.4, 0.5) is 22.5 Å². The molecule has 4 rings (SSSR count). The maximum Gasteiger partial charge on any atom is 0.230 e. The van der Waals surface area contributed by atoms with Gasteiger partial charge in [-0.05, 0) is 64.3 Å². The fourth-order valence-corrected chi connectivity index (χ4v) is 4.10. The minimum atomic E-state index is 0.716. The molecule has 4 aromatic rings. The minimum absolute atomic E-state index is 0.716. The van der Waals surface area contributed by atoms with Crippen LogP contribution in [0.3, 0.4) is 0 Å². The molecule has 164 valence electrons. The Balaban J connectivity index is 1.55. The van der Waals surface area contributed by atoms with Crippen molar-refractivity contribution < 1.29 is 0 Å². The zero-order valence-electron chi connectivity index (χ0n) is 18.7. The fraction of sp³-hybridized carbons (Fsp3) is 0.240. The summed E-state index contributed by atoms with van der Waals surface area (Å²) in [5.74, 6) is 0.716. The molecule has 0 aliphatic heterocycles. The lowest BCUT2D eigenvalue weighted by Gasteiger charge is -2.24. The molecular weight excluding hydrogens is 416 g/mol. The lowest BCUT2D eigenvalue weighted by Crippen LogP contribution is -2.24. The van der Waals surface area contributed by atoms with Crippen LogP contribution in [0.2, 0.25) is 0 Å². The van der Waals surface area contributed by atoms with E-state index < -0.39 is 0 Å². The largest absolute Gasteiger partial charge is 0.332 e. The van der Waals surface area contributed by atoms with Crippen LogP contribution in [0.1, 0.15) is 12.1 Å². The van der Waals surface area contributed by atoms with Crippen LogP contribution in [-0.4, -0.2) is 47.0 Å². The van der Waals surface area contributed by atoms with Gasteiger partial charge in [0.2, 0.25) is 5.95 Å². The van der Waals surface area contributed by atoms with Crippen LogP contribution in [-0.2, 0) is 0 Å². The molecule has 0 saturated heterocycles. The Morgan fingerprint density at radius 1 is 0.906 bits per heavy atom. The number of rotatable bonds is 9.